The Balaban J connectivity index is 1.95. The highest BCUT2D eigenvalue weighted by Gasteiger charge is 2.76. The minimum atomic E-state index is -1.30. The zero-order valence-electron chi connectivity index (χ0n) is 15.3. The summed E-state index contributed by atoms with van der Waals surface area (Å²) in [7, 11) is 0. The SMILES string of the molecule is C=C1[C@@H](O)[C@@]23[C@H](O)C[C@H]4C(C)(C)CCC(=O)[C@]4(C)[C@H]2[C@@H](O)C[C@@H]1[C@H]3O. The van der Waals surface area contributed by atoms with Gasteiger partial charge in [-0.05, 0) is 36.2 Å². The van der Waals surface area contributed by atoms with Crippen LogP contribution >= 0.6 is 0 Å². The molecule has 140 valence electrons. The summed E-state index contributed by atoms with van der Waals surface area (Å²) >= 11 is 0. The number of hydrogen-bond acceptors (Lipinski definition) is 5. The van der Waals surface area contributed by atoms with E-state index in [1.807, 2.05) is 6.92 Å². The third kappa shape index (κ3) is 1.76. The van der Waals surface area contributed by atoms with E-state index in [0.717, 1.165) is 6.42 Å². The van der Waals surface area contributed by atoms with Crippen LogP contribution < -0.4 is 0 Å². The molecule has 4 rings (SSSR count). The average molecular weight is 350 g/mol. The summed E-state index contributed by atoms with van der Waals surface area (Å²) < 4.78 is 0. The second-order valence-electron chi connectivity index (χ2n) is 9.81. The number of carbonyl (C=O) groups is 1. The van der Waals surface area contributed by atoms with Crippen molar-refractivity contribution in [2.75, 3.05) is 0 Å². The van der Waals surface area contributed by atoms with Gasteiger partial charge in [-0.1, -0.05) is 27.4 Å². The standard InChI is InChI=1S/C20H30O5/c1-9-10-7-11(21)15-19(4)12(18(2,3)6-5-13(19)22)8-14(23)20(15,16(9)24)17(10)25/h10-12,14-17,21,23-25H,1,5-8H2,2-4H3/t10-,11-,12-,14+,15+,16+,17+,19+,20+/m0/s1. The van der Waals surface area contributed by atoms with Crippen molar-refractivity contribution in [3.8, 4) is 0 Å². The van der Waals surface area contributed by atoms with Gasteiger partial charge in [0.25, 0.3) is 0 Å². The average Bonchev–Trinajstić information content (AvgIpc) is 2.65. The normalized spacial score (nSPS) is 57.2. The van der Waals surface area contributed by atoms with Crippen LogP contribution in [0.5, 0.6) is 0 Å². The van der Waals surface area contributed by atoms with Crippen molar-refractivity contribution < 1.29 is 25.2 Å². The number of ketones is 1. The molecule has 0 amide bonds. The van der Waals surface area contributed by atoms with Gasteiger partial charge in [0.15, 0.2) is 0 Å². The molecule has 2 bridgehead atoms. The Labute approximate surface area is 148 Å². The second kappa shape index (κ2) is 4.94. The second-order valence-corrected chi connectivity index (χ2v) is 9.81. The van der Waals surface area contributed by atoms with Crippen molar-refractivity contribution in [2.24, 2.45) is 34.0 Å². The van der Waals surface area contributed by atoms with Crippen molar-refractivity contribution in [3.63, 3.8) is 0 Å². The Bertz CT molecular complexity index is 642. The molecule has 0 radical (unpaired) electrons. The van der Waals surface area contributed by atoms with Crippen LogP contribution in [0.2, 0.25) is 0 Å². The molecule has 0 heterocycles. The summed E-state index contributed by atoms with van der Waals surface area (Å²) in [5, 5.41) is 44.2. The molecule has 1 spiro atoms. The minimum Gasteiger partial charge on any atom is -0.393 e. The quantitative estimate of drug-likeness (QED) is 0.489. The monoisotopic (exact) mass is 350 g/mol. The van der Waals surface area contributed by atoms with Crippen molar-refractivity contribution in [2.45, 2.75) is 70.9 Å². The molecule has 0 aliphatic heterocycles. The Hall–Kier alpha value is -0.750. The van der Waals surface area contributed by atoms with E-state index in [-0.39, 0.29) is 23.5 Å². The third-order valence-electron chi connectivity index (χ3n) is 8.56. The number of fused-ring (bicyclic) bond motifs is 3. The van der Waals surface area contributed by atoms with Crippen molar-refractivity contribution >= 4 is 5.78 Å². The van der Waals surface area contributed by atoms with Gasteiger partial charge in [0.1, 0.15) is 5.78 Å². The molecule has 4 saturated carbocycles. The molecule has 0 saturated heterocycles. The number of aliphatic hydroxyl groups is 4. The van der Waals surface area contributed by atoms with Gasteiger partial charge >= 0.3 is 0 Å². The lowest BCUT2D eigenvalue weighted by atomic mass is 9.39. The van der Waals surface area contributed by atoms with Crippen LogP contribution in [-0.2, 0) is 4.79 Å². The van der Waals surface area contributed by atoms with E-state index in [0.29, 0.717) is 18.4 Å². The van der Waals surface area contributed by atoms with Gasteiger partial charge in [-0.3, -0.25) is 4.79 Å². The van der Waals surface area contributed by atoms with Crippen LogP contribution in [0, 0.1) is 34.0 Å². The maximum absolute atomic E-state index is 13.1. The predicted molar refractivity (Wildman–Crippen MR) is 91.4 cm³/mol. The lowest BCUT2D eigenvalue weighted by Crippen LogP contribution is -2.72. The highest BCUT2D eigenvalue weighted by molar-refractivity contribution is 5.87. The number of aliphatic hydroxyl groups excluding tert-OH is 4. The van der Waals surface area contributed by atoms with E-state index < -0.39 is 47.1 Å². The molecule has 0 aromatic heterocycles. The zero-order chi connectivity index (χ0) is 18.5. The van der Waals surface area contributed by atoms with E-state index in [2.05, 4.69) is 20.4 Å². The van der Waals surface area contributed by atoms with Gasteiger partial charge in [0, 0.05) is 23.7 Å². The largest absolute Gasteiger partial charge is 0.393 e. The van der Waals surface area contributed by atoms with Gasteiger partial charge < -0.3 is 20.4 Å². The Morgan fingerprint density at radius 1 is 1.08 bits per heavy atom. The van der Waals surface area contributed by atoms with E-state index >= 15 is 0 Å². The van der Waals surface area contributed by atoms with E-state index in [4.69, 9.17) is 0 Å². The van der Waals surface area contributed by atoms with Crippen LogP contribution in [0.25, 0.3) is 0 Å². The first kappa shape index (κ1) is 17.7. The van der Waals surface area contributed by atoms with Crippen LogP contribution in [-0.4, -0.2) is 50.6 Å². The molecule has 9 atom stereocenters. The Morgan fingerprint density at radius 3 is 2.36 bits per heavy atom. The van der Waals surface area contributed by atoms with Crippen LogP contribution in [0.1, 0.15) is 46.5 Å². The highest BCUT2D eigenvalue weighted by Crippen LogP contribution is 2.71. The number of hydrogen-bond donors (Lipinski definition) is 4. The molecule has 4 aliphatic carbocycles. The van der Waals surface area contributed by atoms with Gasteiger partial charge in [0.2, 0.25) is 0 Å². The zero-order valence-corrected chi connectivity index (χ0v) is 15.3. The lowest BCUT2D eigenvalue weighted by Gasteiger charge is -2.66. The van der Waals surface area contributed by atoms with E-state index in [9.17, 15) is 25.2 Å². The molecule has 0 aromatic rings. The van der Waals surface area contributed by atoms with Crippen LogP contribution in [0.3, 0.4) is 0 Å². The fourth-order valence-electron chi connectivity index (χ4n) is 7.37. The number of rotatable bonds is 0. The number of Topliss-reactive ketones (excluding diaryl/α,β-unsaturated/α-hetero) is 1. The van der Waals surface area contributed by atoms with Gasteiger partial charge in [-0.15, -0.1) is 0 Å². The van der Waals surface area contributed by atoms with Crippen molar-refractivity contribution in [3.05, 3.63) is 12.2 Å². The first-order valence-electron chi connectivity index (χ1n) is 9.45. The lowest BCUT2D eigenvalue weighted by molar-refractivity contribution is -0.266. The van der Waals surface area contributed by atoms with Gasteiger partial charge in [0.05, 0.1) is 29.8 Å². The molecule has 25 heavy (non-hydrogen) atoms. The molecule has 5 heteroatoms. The fourth-order valence-corrected chi connectivity index (χ4v) is 7.37. The van der Waals surface area contributed by atoms with Gasteiger partial charge in [-0.25, -0.2) is 0 Å². The summed E-state index contributed by atoms with van der Waals surface area (Å²) in [4.78, 5) is 13.1. The Kier molecular flexibility index (Phi) is 3.49. The summed E-state index contributed by atoms with van der Waals surface area (Å²) in [5.74, 6) is -1.10. The molecule has 4 fully saturated rings. The molecule has 0 unspecified atom stereocenters. The van der Waals surface area contributed by atoms with Crippen molar-refractivity contribution in [1.82, 2.24) is 0 Å². The molecule has 0 aromatic carbocycles. The van der Waals surface area contributed by atoms with Crippen LogP contribution in [0.4, 0.5) is 0 Å². The fraction of sp³-hybridized carbons (Fsp3) is 0.850. The first-order valence-corrected chi connectivity index (χ1v) is 9.45. The molecule has 4 N–H and O–H groups in total. The van der Waals surface area contributed by atoms with Gasteiger partial charge in [-0.2, -0.15) is 0 Å². The van der Waals surface area contributed by atoms with E-state index in [1.165, 1.54) is 0 Å². The number of carbonyl (C=O) groups excluding carboxylic acids is 1. The van der Waals surface area contributed by atoms with Crippen LogP contribution in [0.15, 0.2) is 12.2 Å². The molecule has 4 aliphatic rings. The topological polar surface area (TPSA) is 98.0 Å². The van der Waals surface area contributed by atoms with Crippen molar-refractivity contribution in [1.29, 1.82) is 0 Å². The first-order chi connectivity index (χ1) is 11.5. The Morgan fingerprint density at radius 2 is 1.72 bits per heavy atom. The third-order valence-corrected chi connectivity index (χ3v) is 8.56. The minimum absolute atomic E-state index is 0.0857. The summed E-state index contributed by atoms with van der Waals surface area (Å²) in [6.07, 6.45) is -2.06. The smallest absolute Gasteiger partial charge is 0.139 e. The molecular weight excluding hydrogens is 320 g/mol. The molecule has 5 nitrogen and oxygen atoms in total. The maximum Gasteiger partial charge on any atom is 0.139 e. The summed E-state index contributed by atoms with van der Waals surface area (Å²) in [6.45, 7) is 10.1. The highest BCUT2D eigenvalue weighted by atomic mass is 16.3. The summed E-state index contributed by atoms with van der Waals surface area (Å²) in [6, 6.07) is 0. The summed E-state index contributed by atoms with van der Waals surface area (Å²) in [5.41, 5.74) is -1.82. The predicted octanol–water partition coefficient (Wildman–Crippen LogP) is 1.04. The molecular formula is C20H30O5. The van der Waals surface area contributed by atoms with E-state index in [1.54, 1.807) is 0 Å². The maximum atomic E-state index is 13.1.